The maximum atomic E-state index is 13.3. The van der Waals surface area contributed by atoms with E-state index in [1.807, 2.05) is 0 Å². The largest absolute Gasteiger partial charge is 0.444 e. The number of benzene rings is 1. The van der Waals surface area contributed by atoms with Crippen LogP contribution in [0.15, 0.2) is 24.3 Å². The highest BCUT2D eigenvalue weighted by Gasteiger charge is 2.57. The molecule has 1 saturated heterocycles. The standard InChI is InChI=1S/C21H26N2O7/c1-19(2,3)29-18(27)22-21(10-11-28-12-20(21,4)5)17(26)30-23-15(24)13-8-6-7-9-14(13)16(23)25/h6-9H,10-12H2,1-5H3,(H,22,27). The molecule has 9 nitrogen and oxygen atoms in total. The van der Waals surface area contributed by atoms with Crippen LogP contribution in [0.3, 0.4) is 0 Å². The predicted molar refractivity (Wildman–Crippen MR) is 104 cm³/mol. The molecule has 1 fully saturated rings. The summed E-state index contributed by atoms with van der Waals surface area (Å²) in [6.07, 6.45) is -0.724. The number of hydrogen-bond acceptors (Lipinski definition) is 7. The number of carbonyl (C=O) groups excluding carboxylic acids is 4. The molecule has 1 aromatic carbocycles. The van der Waals surface area contributed by atoms with Gasteiger partial charge in [-0.2, -0.15) is 0 Å². The van der Waals surface area contributed by atoms with Crippen molar-refractivity contribution in [2.45, 2.75) is 52.2 Å². The summed E-state index contributed by atoms with van der Waals surface area (Å²) in [6, 6.07) is 6.19. The van der Waals surface area contributed by atoms with E-state index in [-0.39, 0.29) is 30.8 Å². The molecule has 1 unspecified atom stereocenters. The third kappa shape index (κ3) is 3.77. The van der Waals surface area contributed by atoms with Crippen molar-refractivity contribution >= 4 is 23.9 Å². The van der Waals surface area contributed by atoms with Crippen LogP contribution in [-0.2, 0) is 19.1 Å². The van der Waals surface area contributed by atoms with Crippen LogP contribution < -0.4 is 5.32 Å². The third-order valence-corrected chi connectivity index (χ3v) is 5.23. The first kappa shape index (κ1) is 21.8. The number of fused-ring (bicyclic) bond motifs is 1. The fourth-order valence-corrected chi connectivity index (χ4v) is 3.56. The second-order valence-corrected chi connectivity index (χ2v) is 9.05. The number of nitrogens with one attached hydrogen (secondary N) is 1. The van der Waals surface area contributed by atoms with Crippen LogP contribution in [0.4, 0.5) is 4.79 Å². The van der Waals surface area contributed by atoms with Gasteiger partial charge in [-0.25, -0.2) is 9.59 Å². The van der Waals surface area contributed by atoms with Gasteiger partial charge in [0.25, 0.3) is 11.8 Å². The quantitative estimate of drug-likeness (QED) is 0.751. The zero-order valence-corrected chi connectivity index (χ0v) is 17.7. The molecule has 2 aliphatic heterocycles. The molecule has 0 bridgehead atoms. The van der Waals surface area contributed by atoms with Crippen LogP contribution in [-0.4, -0.2) is 53.3 Å². The van der Waals surface area contributed by atoms with Crippen molar-refractivity contribution in [3.63, 3.8) is 0 Å². The lowest BCUT2D eigenvalue weighted by atomic mass is 9.69. The van der Waals surface area contributed by atoms with E-state index < -0.39 is 40.4 Å². The molecule has 30 heavy (non-hydrogen) atoms. The van der Waals surface area contributed by atoms with Crippen LogP contribution in [0.5, 0.6) is 0 Å². The van der Waals surface area contributed by atoms with E-state index in [1.165, 1.54) is 12.1 Å². The minimum atomic E-state index is -1.57. The lowest BCUT2D eigenvalue weighted by Crippen LogP contribution is -2.68. The van der Waals surface area contributed by atoms with Gasteiger partial charge in [0.1, 0.15) is 5.60 Å². The van der Waals surface area contributed by atoms with Crippen molar-refractivity contribution in [2.75, 3.05) is 13.2 Å². The Morgan fingerprint density at radius 3 is 2.17 bits per heavy atom. The summed E-state index contributed by atoms with van der Waals surface area (Å²) in [4.78, 5) is 56.4. The molecule has 0 spiro atoms. The van der Waals surface area contributed by atoms with Crippen LogP contribution >= 0.6 is 0 Å². The minimum absolute atomic E-state index is 0.0846. The minimum Gasteiger partial charge on any atom is -0.444 e. The molecule has 2 heterocycles. The first-order valence-electron chi connectivity index (χ1n) is 9.67. The van der Waals surface area contributed by atoms with Crippen molar-refractivity contribution in [3.05, 3.63) is 35.4 Å². The number of hydrogen-bond donors (Lipinski definition) is 1. The molecule has 1 atom stereocenters. The topological polar surface area (TPSA) is 111 Å². The number of amides is 3. The molecule has 0 aliphatic carbocycles. The summed E-state index contributed by atoms with van der Waals surface area (Å²) in [5.74, 6) is -2.40. The summed E-state index contributed by atoms with van der Waals surface area (Å²) in [5.41, 5.74) is -2.96. The lowest BCUT2D eigenvalue weighted by Gasteiger charge is -2.47. The van der Waals surface area contributed by atoms with Crippen LogP contribution in [0.25, 0.3) is 0 Å². The molecular formula is C21H26N2O7. The van der Waals surface area contributed by atoms with Crippen molar-refractivity contribution in [2.24, 2.45) is 5.41 Å². The van der Waals surface area contributed by atoms with Gasteiger partial charge in [0, 0.05) is 18.4 Å². The van der Waals surface area contributed by atoms with Crippen LogP contribution in [0.1, 0.15) is 61.8 Å². The van der Waals surface area contributed by atoms with E-state index in [0.29, 0.717) is 5.06 Å². The van der Waals surface area contributed by atoms with E-state index in [0.717, 1.165) is 0 Å². The molecule has 0 saturated carbocycles. The summed E-state index contributed by atoms with van der Waals surface area (Å²) in [6.45, 7) is 8.89. The summed E-state index contributed by atoms with van der Waals surface area (Å²) < 4.78 is 10.8. The van der Waals surface area contributed by atoms with E-state index in [2.05, 4.69) is 5.32 Å². The monoisotopic (exact) mass is 418 g/mol. The average Bonchev–Trinajstić information content (AvgIpc) is 2.87. The Bertz CT molecular complexity index is 868. The van der Waals surface area contributed by atoms with E-state index in [9.17, 15) is 19.2 Å². The maximum absolute atomic E-state index is 13.3. The lowest BCUT2D eigenvalue weighted by molar-refractivity contribution is -0.190. The Kier molecular flexibility index (Phi) is 5.36. The number of rotatable bonds is 3. The van der Waals surface area contributed by atoms with Gasteiger partial charge in [0.15, 0.2) is 5.54 Å². The maximum Gasteiger partial charge on any atom is 0.408 e. The Labute approximate surface area is 174 Å². The molecule has 0 radical (unpaired) electrons. The van der Waals surface area contributed by atoms with Crippen molar-refractivity contribution in [1.82, 2.24) is 10.4 Å². The Balaban J connectivity index is 1.89. The fourth-order valence-electron chi connectivity index (χ4n) is 3.56. The predicted octanol–water partition coefficient (Wildman–Crippen LogP) is 2.45. The average molecular weight is 418 g/mol. The molecule has 3 rings (SSSR count). The third-order valence-electron chi connectivity index (χ3n) is 5.23. The molecule has 2 aliphatic rings. The first-order chi connectivity index (χ1) is 13.9. The summed E-state index contributed by atoms with van der Waals surface area (Å²) in [5, 5.41) is 3.08. The van der Waals surface area contributed by atoms with E-state index >= 15 is 0 Å². The van der Waals surface area contributed by atoms with Gasteiger partial charge in [-0.3, -0.25) is 9.59 Å². The van der Waals surface area contributed by atoms with Gasteiger partial charge < -0.3 is 19.6 Å². The highest BCUT2D eigenvalue weighted by Crippen LogP contribution is 2.40. The van der Waals surface area contributed by atoms with Gasteiger partial charge in [-0.15, -0.1) is 0 Å². The second kappa shape index (κ2) is 7.39. The smallest absolute Gasteiger partial charge is 0.408 e. The number of hydroxylamine groups is 2. The van der Waals surface area contributed by atoms with Crippen molar-refractivity contribution in [1.29, 1.82) is 0 Å². The number of ether oxygens (including phenoxy) is 2. The Morgan fingerprint density at radius 1 is 1.10 bits per heavy atom. The summed E-state index contributed by atoms with van der Waals surface area (Å²) >= 11 is 0. The Hall–Kier alpha value is -2.94. The normalized spacial score (nSPS) is 23.0. The molecule has 9 heteroatoms. The van der Waals surface area contributed by atoms with Gasteiger partial charge in [0.05, 0.1) is 17.7 Å². The second-order valence-electron chi connectivity index (χ2n) is 9.05. The van der Waals surface area contributed by atoms with Crippen molar-refractivity contribution in [3.8, 4) is 0 Å². The zero-order chi connectivity index (χ0) is 22.3. The Morgan fingerprint density at radius 2 is 1.67 bits per heavy atom. The van der Waals surface area contributed by atoms with Gasteiger partial charge >= 0.3 is 12.1 Å². The molecular weight excluding hydrogens is 392 g/mol. The molecule has 1 aromatic rings. The molecule has 162 valence electrons. The number of alkyl carbamates (subject to hydrolysis) is 1. The zero-order valence-electron chi connectivity index (χ0n) is 17.7. The highest BCUT2D eigenvalue weighted by atomic mass is 16.7. The van der Waals surface area contributed by atoms with Crippen LogP contribution in [0.2, 0.25) is 0 Å². The summed E-state index contributed by atoms with van der Waals surface area (Å²) in [7, 11) is 0. The van der Waals surface area contributed by atoms with Crippen molar-refractivity contribution < 1.29 is 33.5 Å². The first-order valence-corrected chi connectivity index (χ1v) is 9.67. The number of carbonyl (C=O) groups is 4. The number of nitrogens with zero attached hydrogens (tertiary/aromatic N) is 1. The number of imide groups is 1. The fraction of sp³-hybridized carbons (Fsp3) is 0.524. The van der Waals surface area contributed by atoms with Crippen LogP contribution in [0, 0.1) is 5.41 Å². The van der Waals surface area contributed by atoms with Gasteiger partial charge in [-0.1, -0.05) is 31.0 Å². The van der Waals surface area contributed by atoms with E-state index in [1.54, 1.807) is 46.8 Å². The molecule has 3 amide bonds. The van der Waals surface area contributed by atoms with Gasteiger partial charge in [0.2, 0.25) is 0 Å². The molecule has 0 aromatic heterocycles. The SMILES string of the molecule is CC(C)(C)OC(=O)NC1(C(=O)ON2C(=O)c3ccccc3C2=O)CCOCC1(C)C. The van der Waals surface area contributed by atoms with E-state index in [4.69, 9.17) is 14.3 Å². The molecule has 1 N–H and O–H groups in total. The highest BCUT2D eigenvalue weighted by molar-refractivity contribution is 6.21. The van der Waals surface area contributed by atoms with Gasteiger partial charge in [-0.05, 0) is 32.9 Å².